The maximum Gasteiger partial charge on any atom is 0.305 e. The van der Waals surface area contributed by atoms with Crippen molar-refractivity contribution in [2.45, 2.75) is 51.1 Å². The molecule has 2 heterocycles. The van der Waals surface area contributed by atoms with E-state index in [4.69, 9.17) is 9.47 Å². The fourth-order valence-electron chi connectivity index (χ4n) is 4.04. The maximum atomic E-state index is 13.2. The van der Waals surface area contributed by atoms with Gasteiger partial charge in [-0.25, -0.2) is 0 Å². The fourth-order valence-corrected chi connectivity index (χ4v) is 4.04. The first kappa shape index (κ1) is 21.0. The summed E-state index contributed by atoms with van der Waals surface area (Å²) in [4.78, 5) is 38.1. The van der Waals surface area contributed by atoms with Crippen LogP contribution in [0.15, 0.2) is 12.1 Å². The van der Waals surface area contributed by atoms with E-state index < -0.39 is 0 Å². The fraction of sp³-hybridized carbons (Fsp3) is 0.571. The van der Waals surface area contributed by atoms with Crippen LogP contribution in [0.3, 0.4) is 0 Å². The zero-order chi connectivity index (χ0) is 21.0. The normalized spacial score (nSPS) is 20.2. The number of benzene rings is 1. The summed E-state index contributed by atoms with van der Waals surface area (Å²) in [5.41, 5.74) is 1.15. The predicted molar refractivity (Wildman–Crippen MR) is 107 cm³/mol. The molecular formula is C21H28N2O6. The van der Waals surface area contributed by atoms with Gasteiger partial charge in [0, 0.05) is 25.5 Å². The second-order valence-electron chi connectivity index (χ2n) is 7.44. The van der Waals surface area contributed by atoms with E-state index in [2.05, 4.69) is 10.1 Å². The van der Waals surface area contributed by atoms with E-state index in [9.17, 15) is 14.4 Å². The molecule has 0 aromatic heterocycles. The number of rotatable bonds is 8. The molecule has 1 fully saturated rings. The Hall–Kier alpha value is -2.77. The summed E-state index contributed by atoms with van der Waals surface area (Å²) >= 11 is 0. The van der Waals surface area contributed by atoms with Crippen molar-refractivity contribution in [3.05, 3.63) is 17.7 Å². The lowest BCUT2D eigenvalue weighted by molar-refractivity contribution is -0.140. The molecule has 1 aromatic carbocycles. The summed E-state index contributed by atoms with van der Waals surface area (Å²) < 4.78 is 15.9. The van der Waals surface area contributed by atoms with Gasteiger partial charge >= 0.3 is 5.97 Å². The number of hydrogen-bond donors (Lipinski definition) is 1. The summed E-state index contributed by atoms with van der Waals surface area (Å²) in [6, 6.07) is 3.29. The van der Waals surface area contributed by atoms with Crippen LogP contribution in [-0.2, 0) is 14.3 Å². The monoisotopic (exact) mass is 404 g/mol. The highest BCUT2D eigenvalue weighted by Gasteiger charge is 2.39. The zero-order valence-electron chi connectivity index (χ0n) is 17.2. The number of hydrogen-bond acceptors (Lipinski definition) is 7. The molecule has 8 heteroatoms. The Labute approximate surface area is 170 Å². The highest BCUT2D eigenvalue weighted by Crippen LogP contribution is 2.39. The lowest BCUT2D eigenvalue weighted by Gasteiger charge is -2.28. The number of amides is 1. The van der Waals surface area contributed by atoms with Gasteiger partial charge in [-0.2, -0.15) is 0 Å². The minimum atomic E-state index is -0.289. The van der Waals surface area contributed by atoms with Crippen molar-refractivity contribution in [3.63, 3.8) is 0 Å². The minimum Gasteiger partial charge on any atom is -0.493 e. The molecule has 0 bridgehead atoms. The van der Waals surface area contributed by atoms with Crippen molar-refractivity contribution in [2.24, 2.45) is 0 Å². The standard InChI is InChI=1S/C21H28N2O6/c1-13(24)10-16-17-6-4-8-23(17)21(26)14-11-18(27-2)19(12-15(14)22-16)29-9-5-7-20(25)28-3/h11-12,16-17,22H,4-10H2,1-3H3/t16-,17+/m1/s1. The van der Waals surface area contributed by atoms with Crippen LogP contribution < -0.4 is 14.8 Å². The summed E-state index contributed by atoms with van der Waals surface area (Å²) in [6.45, 7) is 2.56. The van der Waals surface area contributed by atoms with E-state index in [1.165, 1.54) is 14.2 Å². The lowest BCUT2D eigenvalue weighted by atomic mass is 10.0. The van der Waals surface area contributed by atoms with Crippen molar-refractivity contribution >= 4 is 23.3 Å². The lowest BCUT2D eigenvalue weighted by Crippen LogP contribution is -2.44. The molecule has 1 aromatic rings. The van der Waals surface area contributed by atoms with Gasteiger partial charge in [0.05, 0.1) is 44.2 Å². The molecule has 2 atom stereocenters. The highest BCUT2D eigenvalue weighted by atomic mass is 16.5. The first-order valence-corrected chi connectivity index (χ1v) is 9.93. The minimum absolute atomic E-state index is 0.00535. The van der Waals surface area contributed by atoms with Crippen molar-refractivity contribution in [2.75, 3.05) is 32.7 Å². The molecule has 1 N–H and O–H groups in total. The van der Waals surface area contributed by atoms with Crippen molar-refractivity contribution in [1.29, 1.82) is 0 Å². The molecule has 3 rings (SSSR count). The van der Waals surface area contributed by atoms with E-state index >= 15 is 0 Å². The smallest absolute Gasteiger partial charge is 0.305 e. The van der Waals surface area contributed by atoms with Gasteiger partial charge < -0.3 is 24.4 Å². The molecule has 0 unspecified atom stereocenters. The molecule has 0 spiro atoms. The Kier molecular flexibility index (Phi) is 6.61. The molecular weight excluding hydrogens is 376 g/mol. The first-order chi connectivity index (χ1) is 13.9. The summed E-state index contributed by atoms with van der Waals surface area (Å²) in [5.74, 6) is 0.676. The number of methoxy groups -OCH3 is 2. The van der Waals surface area contributed by atoms with Crippen LogP contribution in [0, 0.1) is 0 Å². The van der Waals surface area contributed by atoms with E-state index in [0.29, 0.717) is 48.7 Å². The van der Waals surface area contributed by atoms with Gasteiger partial charge in [-0.05, 0) is 32.3 Å². The van der Waals surface area contributed by atoms with Crippen LogP contribution in [0.2, 0.25) is 0 Å². The summed E-state index contributed by atoms with van der Waals surface area (Å²) in [5, 5.41) is 3.41. The second-order valence-corrected chi connectivity index (χ2v) is 7.44. The van der Waals surface area contributed by atoms with E-state index in [0.717, 1.165) is 12.8 Å². The zero-order valence-corrected chi connectivity index (χ0v) is 17.2. The third-order valence-corrected chi connectivity index (χ3v) is 5.42. The molecule has 29 heavy (non-hydrogen) atoms. The van der Waals surface area contributed by atoms with Gasteiger partial charge in [0.2, 0.25) is 0 Å². The number of carbonyl (C=O) groups is 3. The van der Waals surface area contributed by atoms with E-state index in [-0.39, 0.29) is 36.2 Å². The topological polar surface area (TPSA) is 94.2 Å². The Morgan fingerprint density at radius 3 is 2.72 bits per heavy atom. The number of nitrogens with one attached hydrogen (secondary N) is 1. The molecule has 0 radical (unpaired) electrons. The average molecular weight is 404 g/mol. The Balaban J connectivity index is 1.85. The quantitative estimate of drug-likeness (QED) is 0.525. The van der Waals surface area contributed by atoms with Crippen LogP contribution in [-0.4, -0.2) is 62.0 Å². The van der Waals surface area contributed by atoms with Gasteiger partial charge in [-0.3, -0.25) is 14.4 Å². The second kappa shape index (κ2) is 9.15. The molecule has 8 nitrogen and oxygen atoms in total. The molecule has 2 aliphatic heterocycles. The number of ketones is 1. The van der Waals surface area contributed by atoms with E-state index in [1.807, 2.05) is 4.90 Å². The van der Waals surface area contributed by atoms with E-state index in [1.54, 1.807) is 19.1 Å². The predicted octanol–water partition coefficient (Wildman–Crippen LogP) is 2.40. The average Bonchev–Trinajstić information content (AvgIpc) is 3.16. The number of anilines is 1. The largest absolute Gasteiger partial charge is 0.493 e. The van der Waals surface area contributed by atoms with Gasteiger partial charge in [0.15, 0.2) is 11.5 Å². The van der Waals surface area contributed by atoms with Crippen molar-refractivity contribution in [1.82, 2.24) is 4.90 Å². The van der Waals surface area contributed by atoms with Gasteiger partial charge in [0.25, 0.3) is 5.91 Å². The Morgan fingerprint density at radius 1 is 1.24 bits per heavy atom. The van der Waals surface area contributed by atoms with Crippen LogP contribution in [0.25, 0.3) is 0 Å². The third kappa shape index (κ3) is 4.63. The van der Waals surface area contributed by atoms with Crippen LogP contribution in [0.1, 0.15) is 49.4 Å². The van der Waals surface area contributed by atoms with Crippen molar-refractivity contribution in [3.8, 4) is 11.5 Å². The highest BCUT2D eigenvalue weighted by molar-refractivity contribution is 6.02. The Morgan fingerprint density at radius 2 is 2.03 bits per heavy atom. The van der Waals surface area contributed by atoms with Crippen LogP contribution >= 0.6 is 0 Å². The number of fused-ring (bicyclic) bond motifs is 2. The van der Waals surface area contributed by atoms with Crippen LogP contribution in [0.4, 0.5) is 5.69 Å². The number of Topliss-reactive ketones (excluding diaryl/α,β-unsaturated/α-hetero) is 1. The Bertz CT molecular complexity index is 794. The maximum absolute atomic E-state index is 13.2. The van der Waals surface area contributed by atoms with Gasteiger partial charge in [-0.15, -0.1) is 0 Å². The number of esters is 1. The first-order valence-electron chi connectivity index (χ1n) is 9.93. The number of nitrogens with zero attached hydrogens (tertiary/aromatic N) is 1. The molecule has 1 amide bonds. The summed E-state index contributed by atoms with van der Waals surface area (Å²) in [6.07, 6.45) is 2.92. The molecule has 2 aliphatic rings. The molecule has 0 saturated carbocycles. The molecule has 1 saturated heterocycles. The molecule has 158 valence electrons. The van der Waals surface area contributed by atoms with Crippen LogP contribution in [0.5, 0.6) is 11.5 Å². The molecule has 0 aliphatic carbocycles. The number of ether oxygens (including phenoxy) is 3. The number of carbonyl (C=O) groups excluding carboxylic acids is 3. The third-order valence-electron chi connectivity index (χ3n) is 5.42. The SMILES string of the molecule is COC(=O)CCCOc1cc2c(cc1OC)C(=O)N1CCC[C@H]1[C@@H](CC(C)=O)N2. The summed E-state index contributed by atoms with van der Waals surface area (Å²) in [7, 11) is 2.87. The van der Waals surface area contributed by atoms with Gasteiger partial charge in [0.1, 0.15) is 5.78 Å². The van der Waals surface area contributed by atoms with Crippen molar-refractivity contribution < 1.29 is 28.6 Å². The van der Waals surface area contributed by atoms with Gasteiger partial charge in [-0.1, -0.05) is 0 Å².